The fourth-order valence-electron chi connectivity index (χ4n) is 5.01. The van der Waals surface area contributed by atoms with Crippen molar-refractivity contribution in [2.24, 2.45) is 0 Å². The van der Waals surface area contributed by atoms with Crippen molar-refractivity contribution >= 4 is 22.8 Å². The van der Waals surface area contributed by atoms with Crippen LogP contribution in [0.5, 0.6) is 0 Å². The Morgan fingerprint density at radius 1 is 1.16 bits per heavy atom. The summed E-state index contributed by atoms with van der Waals surface area (Å²) in [5.74, 6) is 1.90. The van der Waals surface area contributed by atoms with Crippen LogP contribution < -0.4 is 11.1 Å². The third-order valence-electron chi connectivity index (χ3n) is 6.79. The van der Waals surface area contributed by atoms with E-state index in [1.54, 1.807) is 0 Å². The minimum absolute atomic E-state index is 0.0319. The molecule has 31 heavy (non-hydrogen) atoms. The van der Waals surface area contributed by atoms with Gasteiger partial charge >= 0.3 is 0 Å². The predicted molar refractivity (Wildman–Crippen MR) is 122 cm³/mol. The Bertz CT molecular complexity index is 1090. The van der Waals surface area contributed by atoms with Gasteiger partial charge < -0.3 is 20.9 Å². The van der Waals surface area contributed by atoms with E-state index in [1.165, 1.54) is 12.0 Å². The van der Waals surface area contributed by atoms with Crippen LogP contribution in [0.3, 0.4) is 0 Å². The first-order chi connectivity index (χ1) is 15.1. The fourth-order valence-corrected chi connectivity index (χ4v) is 5.01. The van der Waals surface area contributed by atoms with Gasteiger partial charge in [0, 0.05) is 37.4 Å². The van der Waals surface area contributed by atoms with E-state index in [1.807, 2.05) is 36.2 Å². The van der Waals surface area contributed by atoms with Crippen LogP contribution in [0, 0.1) is 6.92 Å². The number of anilines is 1. The highest BCUT2D eigenvalue weighted by Gasteiger charge is 2.28. The van der Waals surface area contributed by atoms with Crippen molar-refractivity contribution in [3.63, 3.8) is 0 Å². The second-order valence-electron chi connectivity index (χ2n) is 8.92. The molecule has 1 unspecified atom stereocenters. The lowest BCUT2D eigenvalue weighted by atomic mass is 9.89. The molecule has 0 aliphatic carbocycles. The molecule has 4 N–H and O–H groups in total. The van der Waals surface area contributed by atoms with E-state index < -0.39 is 0 Å². The van der Waals surface area contributed by atoms with Gasteiger partial charge in [-0.05, 0) is 74.4 Å². The lowest BCUT2D eigenvalue weighted by Gasteiger charge is -2.32. The Morgan fingerprint density at radius 2 is 2.00 bits per heavy atom. The third kappa shape index (κ3) is 3.90. The summed E-state index contributed by atoms with van der Waals surface area (Å²) < 4.78 is 0. The number of pyridine rings is 1. The standard InChI is InChI=1S/C24H30N6O/c1-15-4-5-19(20(25)13-15)24(31)30-11-7-16(8-12-30)18-6-10-27-23-21(18)28-22(29-23)17-3-2-9-26-14-17/h4-6,10,13,16-17,26H,2-3,7-9,11-12,14,25H2,1H3,(H,27,28,29). The Kier molecular flexibility index (Phi) is 5.36. The van der Waals surface area contributed by atoms with Gasteiger partial charge in [0.15, 0.2) is 5.65 Å². The average Bonchev–Trinajstić information content (AvgIpc) is 3.24. The second-order valence-corrected chi connectivity index (χ2v) is 8.92. The van der Waals surface area contributed by atoms with Crippen LogP contribution >= 0.6 is 0 Å². The van der Waals surface area contributed by atoms with Crippen molar-refractivity contribution in [3.05, 3.63) is 53.0 Å². The van der Waals surface area contributed by atoms with Crippen molar-refractivity contribution in [2.75, 3.05) is 31.9 Å². The van der Waals surface area contributed by atoms with Gasteiger partial charge in [0.1, 0.15) is 5.82 Å². The Hall–Kier alpha value is -2.93. The Balaban J connectivity index is 1.32. The summed E-state index contributed by atoms with van der Waals surface area (Å²) in [5.41, 5.74) is 11.5. The van der Waals surface area contributed by atoms with Crippen LogP contribution in [0.25, 0.3) is 11.2 Å². The quantitative estimate of drug-likeness (QED) is 0.567. The highest BCUT2D eigenvalue weighted by molar-refractivity contribution is 5.99. The molecule has 0 spiro atoms. The molecule has 0 radical (unpaired) electrons. The maximum absolute atomic E-state index is 13.0. The number of rotatable bonds is 3. The number of hydrogen-bond donors (Lipinski definition) is 3. The first kappa shape index (κ1) is 20.0. The first-order valence-corrected chi connectivity index (χ1v) is 11.3. The molecule has 3 aromatic rings. The summed E-state index contributed by atoms with van der Waals surface area (Å²) in [6.45, 7) is 5.50. The summed E-state index contributed by atoms with van der Waals surface area (Å²) >= 11 is 0. The normalized spacial score (nSPS) is 20.3. The summed E-state index contributed by atoms with van der Waals surface area (Å²) in [6.07, 6.45) is 6.06. The lowest BCUT2D eigenvalue weighted by Crippen LogP contribution is -2.38. The van der Waals surface area contributed by atoms with Gasteiger partial charge in [0.2, 0.25) is 0 Å². The minimum Gasteiger partial charge on any atom is -0.398 e. The zero-order valence-corrected chi connectivity index (χ0v) is 18.0. The molecule has 7 nitrogen and oxygen atoms in total. The number of likely N-dealkylation sites (tertiary alicyclic amines) is 1. The summed E-state index contributed by atoms with van der Waals surface area (Å²) in [6, 6.07) is 7.77. The van der Waals surface area contributed by atoms with Gasteiger partial charge in [-0.2, -0.15) is 0 Å². The molecule has 2 fully saturated rings. The molecule has 2 aliphatic rings. The van der Waals surface area contributed by atoms with Gasteiger partial charge in [-0.15, -0.1) is 0 Å². The van der Waals surface area contributed by atoms with E-state index in [2.05, 4.69) is 21.4 Å². The van der Waals surface area contributed by atoms with Crippen LogP contribution in [0.15, 0.2) is 30.5 Å². The van der Waals surface area contributed by atoms with Crippen molar-refractivity contribution in [3.8, 4) is 0 Å². The largest absolute Gasteiger partial charge is 0.398 e. The summed E-state index contributed by atoms with van der Waals surface area (Å²) in [5, 5.41) is 3.46. The summed E-state index contributed by atoms with van der Waals surface area (Å²) in [7, 11) is 0. The van der Waals surface area contributed by atoms with Gasteiger partial charge in [-0.1, -0.05) is 6.07 Å². The number of carbonyl (C=O) groups excluding carboxylic acids is 1. The van der Waals surface area contributed by atoms with Crippen LogP contribution in [0.2, 0.25) is 0 Å². The molecule has 4 heterocycles. The number of H-pyrrole nitrogens is 1. The molecular weight excluding hydrogens is 388 g/mol. The topological polar surface area (TPSA) is 99.9 Å². The van der Waals surface area contributed by atoms with E-state index in [4.69, 9.17) is 10.7 Å². The number of aryl methyl sites for hydroxylation is 1. The maximum Gasteiger partial charge on any atom is 0.255 e. The molecule has 2 aliphatic heterocycles. The van der Waals surface area contributed by atoms with Crippen molar-refractivity contribution < 1.29 is 4.79 Å². The SMILES string of the molecule is Cc1ccc(C(=O)N2CCC(c3ccnc4nc(C5CCCNC5)[nH]c34)CC2)c(N)c1. The van der Waals surface area contributed by atoms with E-state index in [-0.39, 0.29) is 5.91 Å². The Labute approximate surface area is 182 Å². The summed E-state index contributed by atoms with van der Waals surface area (Å²) in [4.78, 5) is 27.8. The lowest BCUT2D eigenvalue weighted by molar-refractivity contribution is 0.0714. The van der Waals surface area contributed by atoms with E-state index in [0.29, 0.717) is 23.1 Å². The number of hydrogen-bond acceptors (Lipinski definition) is 5. The Morgan fingerprint density at radius 3 is 2.74 bits per heavy atom. The molecule has 2 saturated heterocycles. The molecule has 7 heteroatoms. The number of amides is 1. The zero-order chi connectivity index (χ0) is 21.4. The van der Waals surface area contributed by atoms with Crippen molar-refractivity contribution in [1.29, 1.82) is 0 Å². The number of nitrogen functional groups attached to an aromatic ring is 1. The van der Waals surface area contributed by atoms with Crippen LogP contribution in [0.4, 0.5) is 5.69 Å². The van der Waals surface area contributed by atoms with Crippen LogP contribution in [-0.2, 0) is 0 Å². The van der Waals surface area contributed by atoms with Gasteiger partial charge in [0.25, 0.3) is 5.91 Å². The highest BCUT2D eigenvalue weighted by Crippen LogP contribution is 2.33. The number of aromatic amines is 1. The number of nitrogens with two attached hydrogens (primary N) is 1. The number of fused-ring (bicyclic) bond motifs is 1. The first-order valence-electron chi connectivity index (χ1n) is 11.3. The second kappa shape index (κ2) is 8.30. The van der Waals surface area contributed by atoms with Crippen LogP contribution in [-0.4, -0.2) is 51.9 Å². The molecule has 162 valence electrons. The fraction of sp³-hybridized carbons (Fsp3) is 0.458. The van der Waals surface area contributed by atoms with Crippen LogP contribution in [0.1, 0.15) is 64.8 Å². The van der Waals surface area contributed by atoms with E-state index in [0.717, 1.165) is 68.0 Å². The molecule has 0 bridgehead atoms. The maximum atomic E-state index is 13.0. The van der Waals surface area contributed by atoms with E-state index >= 15 is 0 Å². The molecule has 5 rings (SSSR count). The molecule has 1 amide bonds. The predicted octanol–water partition coefficient (Wildman–Crippen LogP) is 3.34. The number of nitrogens with zero attached hydrogens (tertiary/aromatic N) is 3. The average molecular weight is 419 g/mol. The van der Waals surface area contributed by atoms with Gasteiger partial charge in [-0.25, -0.2) is 9.97 Å². The molecule has 1 atom stereocenters. The monoisotopic (exact) mass is 418 g/mol. The number of piperidine rings is 2. The number of benzene rings is 1. The molecule has 0 saturated carbocycles. The smallest absolute Gasteiger partial charge is 0.255 e. The van der Waals surface area contributed by atoms with Crippen molar-refractivity contribution in [1.82, 2.24) is 25.2 Å². The van der Waals surface area contributed by atoms with E-state index in [9.17, 15) is 4.79 Å². The molecular formula is C24H30N6O. The number of aromatic nitrogens is 3. The van der Waals surface area contributed by atoms with Gasteiger partial charge in [0.05, 0.1) is 11.1 Å². The van der Waals surface area contributed by atoms with Gasteiger partial charge in [-0.3, -0.25) is 4.79 Å². The number of imidazole rings is 1. The molecule has 1 aromatic carbocycles. The minimum atomic E-state index is 0.0319. The number of carbonyl (C=O) groups is 1. The number of nitrogens with one attached hydrogen (secondary N) is 2. The molecule has 2 aromatic heterocycles. The highest BCUT2D eigenvalue weighted by atomic mass is 16.2. The zero-order valence-electron chi connectivity index (χ0n) is 18.0. The van der Waals surface area contributed by atoms with Crippen molar-refractivity contribution in [2.45, 2.75) is 44.4 Å². The third-order valence-corrected chi connectivity index (χ3v) is 6.79.